The Kier molecular flexibility index (Phi) is 5.79. The molecule has 1 amide bonds. The highest BCUT2D eigenvalue weighted by Gasteiger charge is 2.21. The third-order valence-electron chi connectivity index (χ3n) is 3.74. The normalized spacial score (nSPS) is 16.5. The molecule has 0 spiro atoms. The van der Waals surface area contributed by atoms with Crippen LogP contribution in [0.5, 0.6) is 11.5 Å². The molecule has 1 fully saturated rings. The number of benzene rings is 1. The van der Waals surface area contributed by atoms with Crippen LogP contribution in [0.15, 0.2) is 23.1 Å². The van der Waals surface area contributed by atoms with Crippen LogP contribution >= 0.6 is 11.8 Å². The van der Waals surface area contributed by atoms with Crippen molar-refractivity contribution in [3.05, 3.63) is 18.2 Å². The molecule has 21 heavy (non-hydrogen) atoms. The van der Waals surface area contributed by atoms with Crippen LogP contribution in [0.4, 0.5) is 0 Å². The van der Waals surface area contributed by atoms with Crippen molar-refractivity contribution in [1.29, 1.82) is 0 Å². The lowest BCUT2D eigenvalue weighted by Gasteiger charge is -2.17. The van der Waals surface area contributed by atoms with Crippen LogP contribution in [0.25, 0.3) is 0 Å². The van der Waals surface area contributed by atoms with Gasteiger partial charge < -0.3 is 14.8 Å². The van der Waals surface area contributed by atoms with Crippen molar-refractivity contribution in [3.8, 4) is 11.5 Å². The van der Waals surface area contributed by atoms with Gasteiger partial charge in [-0.25, -0.2) is 0 Å². The van der Waals surface area contributed by atoms with E-state index in [-0.39, 0.29) is 11.2 Å². The van der Waals surface area contributed by atoms with E-state index in [1.54, 1.807) is 14.2 Å². The molecular weight excluding hydrogens is 286 g/mol. The van der Waals surface area contributed by atoms with Crippen LogP contribution < -0.4 is 14.8 Å². The smallest absolute Gasteiger partial charge is 0.233 e. The van der Waals surface area contributed by atoms with Gasteiger partial charge in [0.15, 0.2) is 11.5 Å². The number of hydrogen-bond acceptors (Lipinski definition) is 4. The molecule has 1 aromatic carbocycles. The summed E-state index contributed by atoms with van der Waals surface area (Å²) in [5.41, 5.74) is 0. The number of hydrogen-bond donors (Lipinski definition) is 1. The number of carbonyl (C=O) groups is 1. The van der Waals surface area contributed by atoms with Gasteiger partial charge >= 0.3 is 0 Å². The minimum Gasteiger partial charge on any atom is -0.493 e. The Balaban J connectivity index is 1.94. The molecule has 1 aromatic rings. The first-order valence-electron chi connectivity index (χ1n) is 7.33. The fraction of sp³-hybridized carbons (Fsp3) is 0.562. The molecule has 0 saturated heterocycles. The molecule has 116 valence electrons. The van der Waals surface area contributed by atoms with E-state index in [0.717, 1.165) is 17.7 Å². The van der Waals surface area contributed by atoms with E-state index >= 15 is 0 Å². The Morgan fingerprint density at radius 2 is 1.90 bits per heavy atom. The van der Waals surface area contributed by atoms with E-state index in [2.05, 4.69) is 5.32 Å². The Bertz CT molecular complexity index is 486. The lowest BCUT2D eigenvalue weighted by atomic mass is 10.2. The molecule has 1 atom stereocenters. The van der Waals surface area contributed by atoms with E-state index in [0.29, 0.717) is 17.5 Å². The van der Waals surface area contributed by atoms with Gasteiger partial charge in [-0.3, -0.25) is 4.79 Å². The highest BCUT2D eigenvalue weighted by Crippen LogP contribution is 2.33. The number of carbonyl (C=O) groups excluding carboxylic acids is 1. The maximum absolute atomic E-state index is 12.2. The highest BCUT2D eigenvalue weighted by molar-refractivity contribution is 8.00. The maximum atomic E-state index is 12.2. The summed E-state index contributed by atoms with van der Waals surface area (Å²) in [4.78, 5) is 13.2. The summed E-state index contributed by atoms with van der Waals surface area (Å²) in [5, 5.41) is 3.01. The zero-order valence-corrected chi connectivity index (χ0v) is 13.7. The quantitative estimate of drug-likeness (QED) is 0.820. The molecule has 0 heterocycles. The number of rotatable bonds is 6. The molecule has 2 rings (SSSR count). The van der Waals surface area contributed by atoms with Crippen molar-refractivity contribution in [1.82, 2.24) is 5.32 Å². The van der Waals surface area contributed by atoms with Crippen molar-refractivity contribution in [2.45, 2.75) is 48.8 Å². The summed E-state index contributed by atoms with van der Waals surface area (Å²) < 4.78 is 10.5. The van der Waals surface area contributed by atoms with Gasteiger partial charge in [0.05, 0.1) is 19.5 Å². The lowest BCUT2D eigenvalue weighted by Crippen LogP contribution is -2.37. The van der Waals surface area contributed by atoms with Gasteiger partial charge in [-0.15, -0.1) is 11.8 Å². The van der Waals surface area contributed by atoms with Crippen LogP contribution in [0.1, 0.15) is 32.6 Å². The fourth-order valence-corrected chi connectivity index (χ4v) is 3.44. The molecule has 0 unspecified atom stereocenters. The Hall–Kier alpha value is -1.36. The van der Waals surface area contributed by atoms with Gasteiger partial charge in [-0.2, -0.15) is 0 Å². The van der Waals surface area contributed by atoms with Crippen LogP contribution in [-0.4, -0.2) is 31.4 Å². The zero-order valence-electron chi connectivity index (χ0n) is 12.8. The minimum absolute atomic E-state index is 0.113. The molecule has 0 aliphatic heterocycles. The predicted molar refractivity (Wildman–Crippen MR) is 85.3 cm³/mol. The Morgan fingerprint density at radius 1 is 1.24 bits per heavy atom. The second-order valence-corrected chi connectivity index (χ2v) is 6.68. The monoisotopic (exact) mass is 309 g/mol. The first-order valence-corrected chi connectivity index (χ1v) is 8.21. The second kappa shape index (κ2) is 7.59. The standard InChI is InChI=1S/C16H23NO3S/c1-11(16(18)17-12-6-4-5-7-12)21-13-8-9-14(19-2)15(10-13)20-3/h8-12H,4-7H2,1-3H3,(H,17,18)/t11-/m1/s1. The van der Waals surface area contributed by atoms with E-state index in [9.17, 15) is 4.79 Å². The molecule has 1 N–H and O–H groups in total. The topological polar surface area (TPSA) is 47.6 Å². The molecule has 0 radical (unpaired) electrons. The SMILES string of the molecule is COc1ccc(S[C@H](C)C(=O)NC2CCCC2)cc1OC. The zero-order chi connectivity index (χ0) is 15.2. The summed E-state index contributed by atoms with van der Waals surface area (Å²) in [7, 11) is 3.23. The van der Waals surface area contributed by atoms with Gasteiger partial charge in [0.1, 0.15) is 0 Å². The molecule has 4 nitrogen and oxygen atoms in total. The third kappa shape index (κ3) is 4.30. The summed E-state index contributed by atoms with van der Waals surface area (Å²) in [5.74, 6) is 1.50. The average Bonchev–Trinajstić information content (AvgIpc) is 2.99. The highest BCUT2D eigenvalue weighted by atomic mass is 32.2. The van der Waals surface area contributed by atoms with Crippen molar-refractivity contribution in [2.24, 2.45) is 0 Å². The number of amides is 1. The third-order valence-corrected chi connectivity index (χ3v) is 4.83. The number of nitrogens with one attached hydrogen (secondary N) is 1. The van der Waals surface area contributed by atoms with Crippen molar-refractivity contribution < 1.29 is 14.3 Å². The van der Waals surface area contributed by atoms with E-state index < -0.39 is 0 Å². The Labute approximate surface area is 130 Å². The van der Waals surface area contributed by atoms with Crippen LogP contribution in [0.2, 0.25) is 0 Å². The summed E-state index contributed by atoms with van der Waals surface area (Å²) in [6, 6.07) is 6.09. The maximum Gasteiger partial charge on any atom is 0.233 e. The summed E-state index contributed by atoms with van der Waals surface area (Å²) >= 11 is 1.54. The molecule has 1 aliphatic carbocycles. The number of methoxy groups -OCH3 is 2. The van der Waals surface area contributed by atoms with Crippen molar-refractivity contribution >= 4 is 17.7 Å². The Morgan fingerprint density at radius 3 is 2.52 bits per heavy atom. The second-order valence-electron chi connectivity index (χ2n) is 5.27. The van der Waals surface area contributed by atoms with Gasteiger partial charge in [0.2, 0.25) is 5.91 Å². The molecule has 1 aliphatic rings. The summed E-state index contributed by atoms with van der Waals surface area (Å²) in [6.45, 7) is 1.94. The van der Waals surface area contributed by atoms with E-state index in [4.69, 9.17) is 9.47 Å². The van der Waals surface area contributed by atoms with Crippen molar-refractivity contribution in [3.63, 3.8) is 0 Å². The molecular formula is C16H23NO3S. The molecule has 1 saturated carbocycles. The van der Waals surface area contributed by atoms with Gasteiger partial charge in [0.25, 0.3) is 0 Å². The number of ether oxygens (including phenoxy) is 2. The number of thioether (sulfide) groups is 1. The molecule has 0 bridgehead atoms. The van der Waals surface area contributed by atoms with E-state index in [1.807, 2.05) is 25.1 Å². The van der Waals surface area contributed by atoms with Crippen molar-refractivity contribution in [2.75, 3.05) is 14.2 Å². The van der Waals surface area contributed by atoms with Crippen LogP contribution in [0, 0.1) is 0 Å². The van der Waals surface area contributed by atoms with Gasteiger partial charge in [0, 0.05) is 10.9 Å². The lowest BCUT2D eigenvalue weighted by molar-refractivity contribution is -0.120. The first-order chi connectivity index (χ1) is 10.1. The van der Waals surface area contributed by atoms with Crippen LogP contribution in [-0.2, 0) is 4.79 Å². The minimum atomic E-state index is -0.122. The molecule has 5 heteroatoms. The summed E-state index contributed by atoms with van der Waals surface area (Å²) in [6.07, 6.45) is 4.67. The van der Waals surface area contributed by atoms with E-state index in [1.165, 1.54) is 24.6 Å². The first kappa shape index (κ1) is 16.0. The average molecular weight is 309 g/mol. The predicted octanol–water partition coefficient (Wildman–Crippen LogP) is 3.24. The van der Waals surface area contributed by atoms with Crippen LogP contribution in [0.3, 0.4) is 0 Å². The fourth-order valence-electron chi connectivity index (χ4n) is 2.54. The van der Waals surface area contributed by atoms with Gasteiger partial charge in [-0.1, -0.05) is 12.8 Å². The molecule has 0 aromatic heterocycles. The van der Waals surface area contributed by atoms with Gasteiger partial charge in [-0.05, 0) is 38.0 Å². The largest absolute Gasteiger partial charge is 0.493 e.